The Balaban J connectivity index is 2.58. The minimum Gasteiger partial charge on any atom is -0.494 e. The van der Waals surface area contributed by atoms with Crippen molar-refractivity contribution in [1.29, 1.82) is 0 Å². The van der Waals surface area contributed by atoms with Crippen LogP contribution in [-0.2, 0) is 0 Å². The SMILES string of the molecule is CCCNc1c(C)c(C)nc2ccc(OCC)cc12. The van der Waals surface area contributed by atoms with Crippen molar-refractivity contribution in [2.24, 2.45) is 0 Å². The molecule has 0 saturated carbocycles. The van der Waals surface area contributed by atoms with E-state index in [4.69, 9.17) is 4.74 Å². The van der Waals surface area contributed by atoms with Gasteiger partial charge in [-0.15, -0.1) is 0 Å². The lowest BCUT2D eigenvalue weighted by Crippen LogP contribution is -2.05. The Bertz CT molecular complexity index is 578. The molecule has 0 radical (unpaired) electrons. The van der Waals surface area contributed by atoms with Crippen molar-refractivity contribution < 1.29 is 4.74 Å². The van der Waals surface area contributed by atoms with Crippen molar-refractivity contribution in [3.8, 4) is 5.75 Å². The zero-order valence-corrected chi connectivity index (χ0v) is 12.2. The molecule has 19 heavy (non-hydrogen) atoms. The van der Waals surface area contributed by atoms with Crippen LogP contribution < -0.4 is 10.1 Å². The average Bonchev–Trinajstić information content (AvgIpc) is 2.40. The second-order valence-electron chi connectivity index (χ2n) is 4.74. The number of hydrogen-bond donors (Lipinski definition) is 1. The molecule has 1 aromatic heterocycles. The largest absolute Gasteiger partial charge is 0.494 e. The van der Waals surface area contributed by atoms with Crippen LogP contribution in [0.3, 0.4) is 0 Å². The van der Waals surface area contributed by atoms with E-state index in [2.05, 4.69) is 37.1 Å². The summed E-state index contributed by atoms with van der Waals surface area (Å²) in [7, 11) is 0. The van der Waals surface area contributed by atoms with Gasteiger partial charge in [-0.25, -0.2) is 0 Å². The predicted octanol–water partition coefficient (Wildman–Crippen LogP) is 4.07. The fourth-order valence-corrected chi connectivity index (χ4v) is 2.19. The van der Waals surface area contributed by atoms with Crippen molar-refractivity contribution in [2.45, 2.75) is 34.1 Å². The second kappa shape index (κ2) is 5.91. The molecule has 1 aromatic carbocycles. The van der Waals surface area contributed by atoms with Gasteiger partial charge in [0.2, 0.25) is 0 Å². The summed E-state index contributed by atoms with van der Waals surface area (Å²) in [6.07, 6.45) is 1.10. The highest BCUT2D eigenvalue weighted by atomic mass is 16.5. The Hall–Kier alpha value is -1.77. The normalized spacial score (nSPS) is 10.7. The number of anilines is 1. The van der Waals surface area contributed by atoms with E-state index in [1.807, 2.05) is 19.1 Å². The van der Waals surface area contributed by atoms with Crippen molar-refractivity contribution in [2.75, 3.05) is 18.5 Å². The smallest absolute Gasteiger partial charge is 0.120 e. The van der Waals surface area contributed by atoms with Crippen LogP contribution in [0.2, 0.25) is 0 Å². The first-order valence-electron chi connectivity index (χ1n) is 6.95. The Morgan fingerprint density at radius 2 is 2.00 bits per heavy atom. The van der Waals surface area contributed by atoms with Gasteiger partial charge in [0.15, 0.2) is 0 Å². The van der Waals surface area contributed by atoms with E-state index in [-0.39, 0.29) is 0 Å². The first kappa shape index (κ1) is 13.7. The summed E-state index contributed by atoms with van der Waals surface area (Å²) in [6, 6.07) is 6.09. The molecule has 0 aliphatic rings. The van der Waals surface area contributed by atoms with Crippen molar-refractivity contribution in [1.82, 2.24) is 4.98 Å². The molecular weight excluding hydrogens is 236 g/mol. The molecule has 0 fully saturated rings. The van der Waals surface area contributed by atoms with E-state index in [0.29, 0.717) is 6.61 Å². The summed E-state index contributed by atoms with van der Waals surface area (Å²) in [6.45, 7) is 10.00. The molecule has 0 amide bonds. The molecule has 1 heterocycles. The minimum atomic E-state index is 0.682. The number of benzene rings is 1. The van der Waals surface area contributed by atoms with Crippen LogP contribution in [0, 0.1) is 13.8 Å². The minimum absolute atomic E-state index is 0.682. The fourth-order valence-electron chi connectivity index (χ4n) is 2.19. The average molecular weight is 258 g/mol. The number of aromatic nitrogens is 1. The standard InChI is InChI=1S/C16H22N2O/c1-5-9-17-16-11(3)12(4)18-15-8-7-13(19-6-2)10-14(15)16/h7-8,10H,5-6,9H2,1-4H3,(H,17,18). The number of ether oxygens (including phenoxy) is 1. The molecule has 2 aromatic rings. The first-order chi connectivity index (χ1) is 9.17. The molecular formula is C16H22N2O. The number of hydrogen-bond acceptors (Lipinski definition) is 3. The van der Waals surface area contributed by atoms with Gasteiger partial charge < -0.3 is 10.1 Å². The van der Waals surface area contributed by atoms with Gasteiger partial charge in [0.25, 0.3) is 0 Å². The molecule has 3 nitrogen and oxygen atoms in total. The molecule has 3 heteroatoms. The zero-order valence-electron chi connectivity index (χ0n) is 12.2. The number of nitrogens with one attached hydrogen (secondary N) is 1. The van der Waals surface area contributed by atoms with Crippen molar-refractivity contribution >= 4 is 16.6 Å². The van der Waals surface area contributed by atoms with Gasteiger partial charge in [0.1, 0.15) is 5.75 Å². The highest BCUT2D eigenvalue weighted by Crippen LogP contribution is 2.30. The fraction of sp³-hybridized carbons (Fsp3) is 0.438. The topological polar surface area (TPSA) is 34.2 Å². The molecule has 102 valence electrons. The Morgan fingerprint density at radius 1 is 1.21 bits per heavy atom. The molecule has 0 unspecified atom stereocenters. The summed E-state index contributed by atoms with van der Waals surface area (Å²) in [5.74, 6) is 0.902. The number of fused-ring (bicyclic) bond motifs is 1. The quantitative estimate of drug-likeness (QED) is 0.877. The molecule has 1 N–H and O–H groups in total. The van der Waals surface area contributed by atoms with E-state index in [1.54, 1.807) is 0 Å². The summed E-state index contributed by atoms with van der Waals surface area (Å²) in [5, 5.41) is 4.66. The van der Waals surface area contributed by atoms with E-state index in [1.165, 1.54) is 11.3 Å². The van der Waals surface area contributed by atoms with Gasteiger partial charge in [-0.2, -0.15) is 0 Å². The van der Waals surface area contributed by atoms with E-state index in [9.17, 15) is 0 Å². The molecule has 0 bridgehead atoms. The van der Waals surface area contributed by atoms with Crippen LogP contribution in [0.4, 0.5) is 5.69 Å². The third kappa shape index (κ3) is 2.80. The summed E-state index contributed by atoms with van der Waals surface area (Å²) in [5.41, 5.74) is 4.50. The Labute approximate surface area is 115 Å². The summed E-state index contributed by atoms with van der Waals surface area (Å²) in [4.78, 5) is 4.65. The van der Waals surface area contributed by atoms with Crippen LogP contribution in [0.5, 0.6) is 5.75 Å². The van der Waals surface area contributed by atoms with Gasteiger partial charge in [-0.1, -0.05) is 6.92 Å². The summed E-state index contributed by atoms with van der Waals surface area (Å²) >= 11 is 0. The van der Waals surface area contributed by atoms with Crippen LogP contribution in [0.1, 0.15) is 31.5 Å². The van der Waals surface area contributed by atoms with Gasteiger partial charge >= 0.3 is 0 Å². The highest BCUT2D eigenvalue weighted by Gasteiger charge is 2.09. The van der Waals surface area contributed by atoms with Crippen LogP contribution in [-0.4, -0.2) is 18.1 Å². The zero-order chi connectivity index (χ0) is 13.8. The molecule has 0 atom stereocenters. The van der Waals surface area contributed by atoms with Crippen LogP contribution in [0.15, 0.2) is 18.2 Å². The maximum Gasteiger partial charge on any atom is 0.120 e. The van der Waals surface area contributed by atoms with E-state index in [0.717, 1.165) is 35.3 Å². The maximum atomic E-state index is 5.59. The third-order valence-corrected chi connectivity index (χ3v) is 3.31. The molecule has 0 spiro atoms. The molecule has 0 aliphatic carbocycles. The summed E-state index contributed by atoms with van der Waals surface area (Å²) < 4.78 is 5.59. The lowest BCUT2D eigenvalue weighted by Gasteiger charge is -2.15. The maximum absolute atomic E-state index is 5.59. The number of nitrogens with zero attached hydrogens (tertiary/aromatic N) is 1. The van der Waals surface area contributed by atoms with Crippen LogP contribution >= 0.6 is 0 Å². The highest BCUT2D eigenvalue weighted by molar-refractivity contribution is 5.94. The van der Waals surface area contributed by atoms with E-state index >= 15 is 0 Å². The Morgan fingerprint density at radius 3 is 2.68 bits per heavy atom. The van der Waals surface area contributed by atoms with Gasteiger partial charge in [0, 0.05) is 23.3 Å². The monoisotopic (exact) mass is 258 g/mol. The van der Waals surface area contributed by atoms with E-state index < -0.39 is 0 Å². The molecule has 2 rings (SSSR count). The predicted molar refractivity (Wildman–Crippen MR) is 81.2 cm³/mol. The van der Waals surface area contributed by atoms with Crippen molar-refractivity contribution in [3.05, 3.63) is 29.5 Å². The lowest BCUT2D eigenvalue weighted by atomic mass is 10.1. The Kier molecular flexibility index (Phi) is 4.25. The van der Waals surface area contributed by atoms with Gasteiger partial charge in [-0.3, -0.25) is 4.98 Å². The second-order valence-corrected chi connectivity index (χ2v) is 4.74. The van der Waals surface area contributed by atoms with Gasteiger partial charge in [0.05, 0.1) is 12.1 Å². The molecule has 0 saturated heterocycles. The van der Waals surface area contributed by atoms with Gasteiger partial charge in [-0.05, 0) is 51.0 Å². The first-order valence-corrected chi connectivity index (χ1v) is 6.95. The number of rotatable bonds is 5. The lowest BCUT2D eigenvalue weighted by molar-refractivity contribution is 0.340. The van der Waals surface area contributed by atoms with Crippen molar-refractivity contribution in [3.63, 3.8) is 0 Å². The third-order valence-electron chi connectivity index (χ3n) is 3.31. The number of pyridine rings is 1. The van der Waals surface area contributed by atoms with Crippen LogP contribution in [0.25, 0.3) is 10.9 Å². The number of aryl methyl sites for hydroxylation is 1. The molecule has 0 aliphatic heterocycles.